The van der Waals surface area contributed by atoms with Gasteiger partial charge < -0.3 is 14.4 Å². The summed E-state index contributed by atoms with van der Waals surface area (Å²) < 4.78 is 38.5. The number of anilines is 1. The van der Waals surface area contributed by atoms with Crippen LogP contribution in [-0.2, 0) is 16.6 Å². The lowest BCUT2D eigenvalue weighted by Gasteiger charge is -2.28. The van der Waals surface area contributed by atoms with E-state index in [2.05, 4.69) is 19.6 Å². The maximum atomic E-state index is 12.8. The van der Waals surface area contributed by atoms with E-state index in [4.69, 9.17) is 9.47 Å². The number of hydrogen-bond acceptors (Lipinski definition) is 7. The maximum absolute atomic E-state index is 12.8. The Hall–Kier alpha value is -2.39. The van der Waals surface area contributed by atoms with Gasteiger partial charge in [0, 0.05) is 30.9 Å². The van der Waals surface area contributed by atoms with Crippen molar-refractivity contribution in [2.45, 2.75) is 37.6 Å². The molecular weight excluding hydrogens is 380 g/mol. The van der Waals surface area contributed by atoms with E-state index < -0.39 is 10.0 Å². The molecule has 1 N–H and O–H groups in total. The average molecular weight is 407 g/mol. The summed E-state index contributed by atoms with van der Waals surface area (Å²) >= 11 is 0. The van der Waals surface area contributed by atoms with Crippen molar-refractivity contribution in [2.75, 3.05) is 32.2 Å². The molecule has 0 atom stereocenters. The molecule has 152 valence electrons. The zero-order chi connectivity index (χ0) is 20.1. The lowest BCUT2D eigenvalue weighted by atomic mass is 10.1. The number of piperidine rings is 1. The largest absolute Gasteiger partial charge is 0.497 e. The van der Waals surface area contributed by atoms with E-state index in [1.54, 1.807) is 12.1 Å². The van der Waals surface area contributed by atoms with Crippen LogP contribution in [0.5, 0.6) is 11.5 Å². The molecule has 0 spiro atoms. The van der Waals surface area contributed by atoms with E-state index in [0.29, 0.717) is 11.6 Å². The van der Waals surface area contributed by atoms with Crippen LogP contribution >= 0.6 is 0 Å². The summed E-state index contributed by atoms with van der Waals surface area (Å²) in [5.41, 5.74) is 0.809. The molecule has 3 rings (SSSR count). The van der Waals surface area contributed by atoms with Crippen molar-refractivity contribution >= 4 is 15.8 Å². The van der Waals surface area contributed by atoms with Crippen LogP contribution in [0.2, 0.25) is 0 Å². The highest BCUT2D eigenvalue weighted by Crippen LogP contribution is 2.28. The number of nitrogens with zero attached hydrogens (tertiary/aromatic N) is 3. The predicted molar refractivity (Wildman–Crippen MR) is 106 cm³/mol. The minimum absolute atomic E-state index is 0.00871. The molecule has 8 nitrogen and oxygen atoms in total. The van der Waals surface area contributed by atoms with Gasteiger partial charge in [-0.05, 0) is 38.3 Å². The lowest BCUT2D eigenvalue weighted by Crippen LogP contribution is -2.31. The number of sulfonamides is 1. The van der Waals surface area contributed by atoms with Crippen LogP contribution in [0.25, 0.3) is 0 Å². The van der Waals surface area contributed by atoms with Crippen LogP contribution in [0.3, 0.4) is 0 Å². The van der Waals surface area contributed by atoms with Crippen LogP contribution in [0, 0.1) is 6.92 Å². The Kier molecular flexibility index (Phi) is 6.35. The van der Waals surface area contributed by atoms with Crippen LogP contribution < -0.4 is 19.1 Å². The number of benzene rings is 1. The number of aryl methyl sites for hydroxylation is 1. The van der Waals surface area contributed by atoms with Crippen LogP contribution in [0.15, 0.2) is 29.2 Å². The van der Waals surface area contributed by atoms with Gasteiger partial charge in [-0.15, -0.1) is 0 Å². The number of hydrogen-bond donors (Lipinski definition) is 1. The molecule has 1 aliphatic heterocycles. The first-order valence-corrected chi connectivity index (χ1v) is 10.7. The van der Waals surface area contributed by atoms with Crippen molar-refractivity contribution in [2.24, 2.45) is 0 Å². The van der Waals surface area contributed by atoms with Gasteiger partial charge >= 0.3 is 0 Å². The Morgan fingerprint density at radius 2 is 1.82 bits per heavy atom. The monoisotopic (exact) mass is 406 g/mol. The van der Waals surface area contributed by atoms with Crippen LogP contribution in [0.4, 0.5) is 5.82 Å². The molecule has 1 fully saturated rings. The molecular formula is C19H26N4O4S. The number of rotatable bonds is 7. The highest BCUT2D eigenvalue weighted by molar-refractivity contribution is 7.89. The van der Waals surface area contributed by atoms with Gasteiger partial charge in [-0.2, -0.15) is 0 Å². The fourth-order valence-electron chi connectivity index (χ4n) is 3.21. The van der Waals surface area contributed by atoms with Gasteiger partial charge in [0.05, 0.1) is 20.8 Å². The Labute approximate surface area is 166 Å². The van der Waals surface area contributed by atoms with Gasteiger partial charge in [0.15, 0.2) is 0 Å². The summed E-state index contributed by atoms with van der Waals surface area (Å²) in [6.45, 7) is 3.80. The van der Waals surface area contributed by atoms with Crippen LogP contribution in [0.1, 0.15) is 30.8 Å². The second-order valence-electron chi connectivity index (χ2n) is 6.67. The molecule has 1 saturated heterocycles. The summed E-state index contributed by atoms with van der Waals surface area (Å²) in [5.74, 6) is 1.96. The minimum atomic E-state index is -3.83. The van der Waals surface area contributed by atoms with Gasteiger partial charge in [-0.1, -0.05) is 0 Å². The third-order valence-electron chi connectivity index (χ3n) is 4.65. The van der Waals surface area contributed by atoms with Crippen molar-refractivity contribution in [3.8, 4) is 11.5 Å². The SMILES string of the molecule is COc1ccc(OC)c(S(=O)(=O)NCc2nc(C)cc(N3CCCCC3)n2)c1. The van der Waals surface area contributed by atoms with Crippen molar-refractivity contribution in [3.63, 3.8) is 0 Å². The Balaban J connectivity index is 1.80. The lowest BCUT2D eigenvalue weighted by molar-refractivity contribution is 0.392. The second-order valence-corrected chi connectivity index (χ2v) is 8.41. The maximum Gasteiger partial charge on any atom is 0.244 e. The number of nitrogens with one attached hydrogen (secondary N) is 1. The third-order valence-corrected chi connectivity index (χ3v) is 6.07. The molecule has 1 aromatic carbocycles. The van der Waals surface area contributed by atoms with Gasteiger partial charge in [0.2, 0.25) is 10.0 Å². The van der Waals surface area contributed by atoms with Gasteiger partial charge in [0.25, 0.3) is 0 Å². The Bertz CT molecular complexity index is 928. The highest BCUT2D eigenvalue weighted by atomic mass is 32.2. The standard InChI is InChI=1S/C19H26N4O4S/c1-14-11-19(23-9-5-4-6-10-23)22-18(21-14)13-20-28(24,25)17-12-15(26-2)7-8-16(17)27-3/h7-8,11-12,20H,4-6,9-10,13H2,1-3H3. The molecule has 28 heavy (non-hydrogen) atoms. The first kappa shape index (κ1) is 20.3. The molecule has 9 heteroatoms. The minimum Gasteiger partial charge on any atom is -0.497 e. The molecule has 0 unspecified atom stereocenters. The van der Waals surface area contributed by atoms with Crippen molar-refractivity contribution in [3.05, 3.63) is 35.8 Å². The van der Waals surface area contributed by atoms with Crippen molar-refractivity contribution in [1.29, 1.82) is 0 Å². The van der Waals surface area contributed by atoms with E-state index in [1.165, 1.54) is 26.7 Å². The van der Waals surface area contributed by atoms with E-state index in [1.807, 2.05) is 13.0 Å². The average Bonchev–Trinajstić information content (AvgIpc) is 2.72. The highest BCUT2D eigenvalue weighted by Gasteiger charge is 2.21. The van der Waals surface area contributed by atoms with E-state index in [9.17, 15) is 8.42 Å². The molecule has 0 bridgehead atoms. The number of methoxy groups -OCH3 is 2. The van der Waals surface area contributed by atoms with E-state index in [0.717, 1.165) is 37.4 Å². The summed E-state index contributed by atoms with van der Waals surface area (Å²) in [5, 5.41) is 0. The van der Waals surface area contributed by atoms with E-state index in [-0.39, 0.29) is 17.2 Å². The molecule has 2 heterocycles. The predicted octanol–water partition coefficient (Wildman–Crippen LogP) is 2.27. The summed E-state index contributed by atoms with van der Waals surface area (Å²) in [6.07, 6.45) is 3.51. The second kappa shape index (κ2) is 8.74. The van der Waals surface area contributed by atoms with Gasteiger partial charge in [-0.3, -0.25) is 0 Å². The Morgan fingerprint density at radius 3 is 2.50 bits per heavy atom. The normalized spacial score (nSPS) is 14.8. The smallest absolute Gasteiger partial charge is 0.244 e. The van der Waals surface area contributed by atoms with Crippen molar-refractivity contribution in [1.82, 2.24) is 14.7 Å². The molecule has 0 saturated carbocycles. The first-order chi connectivity index (χ1) is 13.4. The topological polar surface area (TPSA) is 93.6 Å². The summed E-state index contributed by atoms with van der Waals surface area (Å²) in [7, 11) is -0.926. The zero-order valence-corrected chi connectivity index (χ0v) is 17.3. The molecule has 0 amide bonds. The van der Waals surface area contributed by atoms with Crippen LogP contribution in [-0.4, -0.2) is 45.7 Å². The van der Waals surface area contributed by atoms with Gasteiger partial charge in [0.1, 0.15) is 28.0 Å². The van der Waals surface area contributed by atoms with Gasteiger partial charge in [-0.25, -0.2) is 23.1 Å². The fourth-order valence-corrected chi connectivity index (χ4v) is 4.37. The Morgan fingerprint density at radius 1 is 1.07 bits per heavy atom. The molecule has 0 aliphatic carbocycles. The quantitative estimate of drug-likeness (QED) is 0.754. The summed E-state index contributed by atoms with van der Waals surface area (Å²) in [4.78, 5) is 11.2. The number of aromatic nitrogens is 2. The molecule has 1 aliphatic rings. The summed E-state index contributed by atoms with van der Waals surface area (Å²) in [6, 6.07) is 6.57. The fraction of sp³-hybridized carbons (Fsp3) is 0.474. The third kappa shape index (κ3) is 4.71. The molecule has 2 aromatic rings. The molecule has 0 radical (unpaired) electrons. The first-order valence-electron chi connectivity index (χ1n) is 9.24. The zero-order valence-electron chi connectivity index (χ0n) is 16.4. The molecule has 1 aromatic heterocycles. The van der Waals surface area contributed by atoms with Crippen molar-refractivity contribution < 1.29 is 17.9 Å². The number of ether oxygens (including phenoxy) is 2. The van der Waals surface area contributed by atoms with E-state index >= 15 is 0 Å².